The van der Waals surface area contributed by atoms with E-state index in [9.17, 15) is 0 Å². The molecule has 0 aliphatic heterocycles. The third-order valence-electron chi connectivity index (χ3n) is 3.26. The number of hydrogen-bond acceptors (Lipinski definition) is 4. The van der Waals surface area contributed by atoms with E-state index in [0.29, 0.717) is 22.7 Å². The minimum absolute atomic E-state index is 0.494. The maximum atomic E-state index is 9.14. The molecule has 1 aromatic heterocycles. The van der Waals surface area contributed by atoms with E-state index in [-0.39, 0.29) is 0 Å². The Morgan fingerprint density at radius 3 is 2.71 bits per heavy atom. The molecule has 1 heterocycles. The van der Waals surface area contributed by atoms with Crippen LogP contribution in [0.25, 0.3) is 10.8 Å². The van der Waals surface area contributed by atoms with Crippen LogP contribution >= 0.6 is 0 Å². The highest BCUT2D eigenvalue weighted by molar-refractivity contribution is 5.96. The third-order valence-corrected chi connectivity index (χ3v) is 3.26. The van der Waals surface area contributed by atoms with Crippen molar-refractivity contribution in [3.8, 4) is 17.6 Å². The van der Waals surface area contributed by atoms with Crippen LogP contribution in [0.3, 0.4) is 0 Å². The van der Waals surface area contributed by atoms with Crippen LogP contribution in [-0.4, -0.2) is 4.98 Å². The Morgan fingerprint density at radius 2 is 1.90 bits per heavy atom. The van der Waals surface area contributed by atoms with Crippen LogP contribution < -0.4 is 10.5 Å². The van der Waals surface area contributed by atoms with Gasteiger partial charge in [-0.15, -0.1) is 0 Å². The predicted molar refractivity (Wildman–Crippen MR) is 82.1 cm³/mol. The second-order valence-corrected chi connectivity index (χ2v) is 4.73. The van der Waals surface area contributed by atoms with Crippen LogP contribution in [0.2, 0.25) is 0 Å². The molecule has 21 heavy (non-hydrogen) atoms. The van der Waals surface area contributed by atoms with Gasteiger partial charge < -0.3 is 10.5 Å². The van der Waals surface area contributed by atoms with Gasteiger partial charge in [0.1, 0.15) is 17.6 Å². The van der Waals surface area contributed by atoms with Crippen molar-refractivity contribution >= 4 is 16.5 Å². The first-order valence-electron chi connectivity index (χ1n) is 6.51. The molecule has 0 bridgehead atoms. The van der Waals surface area contributed by atoms with Crippen LogP contribution in [0.1, 0.15) is 11.3 Å². The van der Waals surface area contributed by atoms with Gasteiger partial charge in [-0.1, -0.05) is 12.1 Å². The van der Waals surface area contributed by atoms with Crippen molar-refractivity contribution < 1.29 is 4.74 Å². The molecule has 2 aromatic carbocycles. The number of benzene rings is 2. The molecule has 4 nitrogen and oxygen atoms in total. The number of ether oxygens (including phenoxy) is 1. The van der Waals surface area contributed by atoms with Crippen molar-refractivity contribution in [2.45, 2.75) is 6.92 Å². The Morgan fingerprint density at radius 1 is 1.10 bits per heavy atom. The van der Waals surface area contributed by atoms with E-state index in [1.54, 1.807) is 30.5 Å². The molecule has 0 unspecified atom stereocenters. The Balaban J connectivity index is 2.15. The molecule has 4 heteroatoms. The summed E-state index contributed by atoms with van der Waals surface area (Å²) in [6.45, 7) is 1.91. The summed E-state index contributed by atoms with van der Waals surface area (Å²) in [6, 6.07) is 14.8. The van der Waals surface area contributed by atoms with E-state index in [1.165, 1.54) is 0 Å². The molecule has 102 valence electrons. The molecule has 3 aromatic rings. The van der Waals surface area contributed by atoms with Crippen LogP contribution in [0, 0.1) is 18.3 Å². The molecule has 0 fully saturated rings. The summed E-state index contributed by atoms with van der Waals surface area (Å²) in [5.74, 6) is 1.19. The zero-order chi connectivity index (χ0) is 14.8. The molecule has 3 rings (SSSR count). The van der Waals surface area contributed by atoms with Crippen LogP contribution in [0.5, 0.6) is 11.5 Å². The predicted octanol–water partition coefficient (Wildman–Crippen LogP) is 3.79. The number of anilines is 1. The van der Waals surface area contributed by atoms with Gasteiger partial charge in [0.2, 0.25) is 0 Å². The smallest absolute Gasteiger partial charge is 0.145 e. The monoisotopic (exact) mass is 275 g/mol. The number of aromatic nitrogens is 1. The highest BCUT2D eigenvalue weighted by atomic mass is 16.5. The minimum atomic E-state index is 0.494. The van der Waals surface area contributed by atoms with Gasteiger partial charge in [0, 0.05) is 28.4 Å². The molecule has 2 N–H and O–H groups in total. The average molecular weight is 275 g/mol. The first kappa shape index (κ1) is 12.9. The largest absolute Gasteiger partial charge is 0.455 e. The number of aryl methyl sites for hydroxylation is 1. The Bertz CT molecular complexity index is 866. The summed E-state index contributed by atoms with van der Waals surface area (Å²) in [4.78, 5) is 4.26. The SMILES string of the molecule is Cc1cc2c(Oc3ccccc3C#N)ccc(N)c2cn1. The molecule has 0 atom stereocenters. The molecule has 0 radical (unpaired) electrons. The van der Waals surface area contributed by atoms with E-state index < -0.39 is 0 Å². The maximum Gasteiger partial charge on any atom is 0.145 e. The van der Waals surface area contributed by atoms with Gasteiger partial charge >= 0.3 is 0 Å². The molecule has 0 aliphatic carbocycles. The normalized spacial score (nSPS) is 10.3. The number of nitrogens with two attached hydrogens (primary N) is 1. The van der Waals surface area contributed by atoms with Gasteiger partial charge in [-0.3, -0.25) is 4.98 Å². The summed E-state index contributed by atoms with van der Waals surface area (Å²) >= 11 is 0. The van der Waals surface area contributed by atoms with Gasteiger partial charge in [0.15, 0.2) is 0 Å². The fraction of sp³-hybridized carbons (Fsp3) is 0.0588. The van der Waals surface area contributed by atoms with Gasteiger partial charge in [-0.25, -0.2) is 0 Å². The fourth-order valence-electron chi connectivity index (χ4n) is 2.19. The summed E-state index contributed by atoms with van der Waals surface area (Å²) < 4.78 is 5.92. The second-order valence-electron chi connectivity index (χ2n) is 4.73. The number of nitrogens with zero attached hydrogens (tertiary/aromatic N) is 2. The van der Waals surface area contributed by atoms with Crippen molar-refractivity contribution in [3.63, 3.8) is 0 Å². The van der Waals surface area contributed by atoms with Crippen molar-refractivity contribution in [2.24, 2.45) is 0 Å². The lowest BCUT2D eigenvalue weighted by atomic mass is 10.1. The second kappa shape index (κ2) is 5.14. The number of nitriles is 1. The van der Waals surface area contributed by atoms with Crippen molar-refractivity contribution in [1.82, 2.24) is 4.98 Å². The number of fused-ring (bicyclic) bond motifs is 1. The zero-order valence-corrected chi connectivity index (χ0v) is 11.5. The first-order chi connectivity index (χ1) is 10.2. The van der Waals surface area contributed by atoms with E-state index in [0.717, 1.165) is 16.5 Å². The summed E-state index contributed by atoms with van der Waals surface area (Å²) in [7, 11) is 0. The van der Waals surface area contributed by atoms with Crippen LogP contribution in [0.4, 0.5) is 5.69 Å². The quantitative estimate of drug-likeness (QED) is 0.722. The minimum Gasteiger partial charge on any atom is -0.455 e. The zero-order valence-electron chi connectivity index (χ0n) is 11.5. The molecular weight excluding hydrogens is 262 g/mol. The van der Waals surface area contributed by atoms with Gasteiger partial charge in [-0.05, 0) is 37.3 Å². The standard InChI is InChI=1S/C17H13N3O/c1-11-8-13-14(10-20-11)15(19)6-7-17(13)21-16-5-3-2-4-12(16)9-18/h2-8,10H,19H2,1H3. The summed E-state index contributed by atoms with van der Waals surface area (Å²) in [5, 5.41) is 10.9. The third kappa shape index (κ3) is 2.37. The van der Waals surface area contributed by atoms with E-state index in [4.69, 9.17) is 15.7 Å². The molecule has 0 saturated carbocycles. The van der Waals surface area contributed by atoms with Crippen LogP contribution in [-0.2, 0) is 0 Å². The Hall–Kier alpha value is -3.06. The van der Waals surface area contributed by atoms with E-state index >= 15 is 0 Å². The van der Waals surface area contributed by atoms with Crippen molar-refractivity contribution in [2.75, 3.05) is 5.73 Å². The van der Waals surface area contributed by atoms with Crippen molar-refractivity contribution in [3.05, 3.63) is 59.9 Å². The lowest BCUT2D eigenvalue weighted by Gasteiger charge is -2.11. The highest BCUT2D eigenvalue weighted by Crippen LogP contribution is 2.34. The Labute approximate surface area is 122 Å². The van der Waals surface area contributed by atoms with Crippen LogP contribution in [0.15, 0.2) is 48.7 Å². The first-order valence-corrected chi connectivity index (χ1v) is 6.51. The van der Waals surface area contributed by atoms with Crippen molar-refractivity contribution in [1.29, 1.82) is 5.26 Å². The molecule has 0 saturated heterocycles. The topological polar surface area (TPSA) is 71.9 Å². The van der Waals surface area contributed by atoms with Gasteiger partial charge in [0.25, 0.3) is 0 Å². The summed E-state index contributed by atoms with van der Waals surface area (Å²) in [5.41, 5.74) is 8.00. The number of para-hydroxylation sites is 1. The average Bonchev–Trinajstić information content (AvgIpc) is 2.50. The van der Waals surface area contributed by atoms with Gasteiger partial charge in [0.05, 0.1) is 5.56 Å². The maximum absolute atomic E-state index is 9.14. The molecular formula is C17H13N3O. The van der Waals surface area contributed by atoms with Gasteiger partial charge in [-0.2, -0.15) is 5.26 Å². The highest BCUT2D eigenvalue weighted by Gasteiger charge is 2.09. The van der Waals surface area contributed by atoms with E-state index in [1.807, 2.05) is 25.1 Å². The number of pyridine rings is 1. The molecule has 0 spiro atoms. The Kier molecular flexibility index (Phi) is 3.17. The number of nitrogen functional groups attached to an aromatic ring is 1. The lowest BCUT2D eigenvalue weighted by Crippen LogP contribution is -1.94. The summed E-state index contributed by atoms with van der Waals surface area (Å²) in [6.07, 6.45) is 1.74. The lowest BCUT2D eigenvalue weighted by molar-refractivity contribution is 0.486. The fourth-order valence-corrected chi connectivity index (χ4v) is 2.19. The number of rotatable bonds is 2. The molecule has 0 amide bonds. The van der Waals surface area contributed by atoms with E-state index in [2.05, 4.69) is 11.1 Å². The molecule has 0 aliphatic rings. The number of hydrogen-bond donors (Lipinski definition) is 1.